The second-order valence-electron chi connectivity index (χ2n) is 6.14. The topological polar surface area (TPSA) is 104 Å². The highest BCUT2D eigenvalue weighted by molar-refractivity contribution is 5.78. The zero-order valence-electron chi connectivity index (χ0n) is 13.4. The van der Waals surface area contributed by atoms with Gasteiger partial charge in [-0.2, -0.15) is 0 Å². The van der Waals surface area contributed by atoms with E-state index in [2.05, 4.69) is 15.8 Å². The number of rotatable bonds is 6. The van der Waals surface area contributed by atoms with Crippen LogP contribution in [0.4, 0.5) is 9.18 Å². The van der Waals surface area contributed by atoms with Crippen molar-refractivity contribution in [1.82, 2.24) is 15.8 Å². The first-order valence-corrected chi connectivity index (χ1v) is 7.96. The van der Waals surface area contributed by atoms with Crippen molar-refractivity contribution in [2.45, 2.75) is 25.8 Å². The van der Waals surface area contributed by atoms with Crippen LogP contribution in [0.2, 0.25) is 0 Å². The number of aromatic nitrogens is 1. The largest absolute Gasteiger partial charge is 0.481 e. The van der Waals surface area contributed by atoms with E-state index in [1.54, 1.807) is 24.3 Å². The number of nitrogens with one attached hydrogen (secondary N) is 2. The number of hydrogen-bond donors (Lipinski definition) is 3. The van der Waals surface area contributed by atoms with Gasteiger partial charge in [0.1, 0.15) is 11.5 Å². The molecule has 132 valence electrons. The summed E-state index contributed by atoms with van der Waals surface area (Å²) < 4.78 is 18.8. The van der Waals surface area contributed by atoms with E-state index in [-0.39, 0.29) is 18.8 Å². The number of benzene rings is 1. The third-order valence-corrected chi connectivity index (χ3v) is 4.48. The second-order valence-corrected chi connectivity index (χ2v) is 6.14. The lowest BCUT2D eigenvalue weighted by Gasteiger charge is -2.37. The lowest BCUT2D eigenvalue weighted by atomic mass is 9.69. The lowest BCUT2D eigenvalue weighted by Crippen LogP contribution is -2.49. The van der Waals surface area contributed by atoms with E-state index in [9.17, 15) is 19.1 Å². The minimum Gasteiger partial charge on any atom is -0.481 e. The van der Waals surface area contributed by atoms with Gasteiger partial charge in [0.15, 0.2) is 5.76 Å². The van der Waals surface area contributed by atoms with Crippen LogP contribution in [0, 0.1) is 11.2 Å². The molecule has 3 rings (SSSR count). The van der Waals surface area contributed by atoms with Gasteiger partial charge < -0.3 is 20.3 Å². The van der Waals surface area contributed by atoms with Crippen LogP contribution in [0.1, 0.15) is 25.0 Å². The van der Waals surface area contributed by atoms with Crippen LogP contribution < -0.4 is 10.6 Å². The van der Waals surface area contributed by atoms with Gasteiger partial charge in [-0.15, -0.1) is 0 Å². The fraction of sp³-hybridized carbons (Fsp3) is 0.353. The summed E-state index contributed by atoms with van der Waals surface area (Å²) in [5.41, 5.74) is -0.118. The molecule has 3 N–H and O–H groups in total. The molecule has 1 aromatic heterocycles. The highest BCUT2D eigenvalue weighted by atomic mass is 19.1. The average Bonchev–Trinajstić information content (AvgIpc) is 3.00. The Morgan fingerprint density at radius 2 is 2.04 bits per heavy atom. The standard InChI is InChI=1S/C17H18FN3O4/c18-13-5-2-1-4-12(13)14-8-11(21-25-14)9-19-16(24)20-10-17(15(22)23)6-3-7-17/h1-2,4-5,8H,3,6-7,9-10H2,(H,22,23)(H2,19,20,24). The fourth-order valence-electron chi connectivity index (χ4n) is 2.74. The van der Waals surface area contributed by atoms with E-state index >= 15 is 0 Å². The first-order valence-electron chi connectivity index (χ1n) is 7.96. The van der Waals surface area contributed by atoms with E-state index in [0.717, 1.165) is 6.42 Å². The number of carbonyl (C=O) groups excluding carboxylic acids is 1. The van der Waals surface area contributed by atoms with Gasteiger partial charge in [-0.3, -0.25) is 4.79 Å². The van der Waals surface area contributed by atoms with Gasteiger partial charge in [0, 0.05) is 12.6 Å². The Hall–Kier alpha value is -2.90. The molecule has 1 saturated carbocycles. The highest BCUT2D eigenvalue weighted by Crippen LogP contribution is 2.40. The summed E-state index contributed by atoms with van der Waals surface area (Å²) in [7, 11) is 0. The van der Waals surface area contributed by atoms with Gasteiger partial charge in [0.05, 0.1) is 17.5 Å². The van der Waals surface area contributed by atoms with E-state index in [1.165, 1.54) is 6.07 Å². The number of carboxylic acid groups (broad SMARTS) is 1. The van der Waals surface area contributed by atoms with Crippen LogP contribution in [0.5, 0.6) is 0 Å². The van der Waals surface area contributed by atoms with Crippen molar-refractivity contribution in [2.75, 3.05) is 6.54 Å². The zero-order valence-corrected chi connectivity index (χ0v) is 13.4. The average molecular weight is 347 g/mol. The Balaban J connectivity index is 1.51. The summed E-state index contributed by atoms with van der Waals surface area (Å²) in [5, 5.41) is 18.2. The molecule has 2 aromatic rings. The molecule has 0 unspecified atom stereocenters. The summed E-state index contributed by atoms with van der Waals surface area (Å²) in [6.45, 7) is 0.178. The van der Waals surface area contributed by atoms with Crippen LogP contribution in [-0.2, 0) is 11.3 Å². The maximum absolute atomic E-state index is 13.7. The van der Waals surface area contributed by atoms with Crippen molar-refractivity contribution in [3.05, 3.63) is 41.8 Å². The smallest absolute Gasteiger partial charge is 0.315 e. The molecule has 1 aromatic carbocycles. The first-order chi connectivity index (χ1) is 12.0. The molecule has 1 aliphatic rings. The van der Waals surface area contributed by atoms with Crippen molar-refractivity contribution >= 4 is 12.0 Å². The maximum atomic E-state index is 13.7. The van der Waals surface area contributed by atoms with Crippen LogP contribution in [0.25, 0.3) is 11.3 Å². The van der Waals surface area contributed by atoms with E-state index in [4.69, 9.17) is 4.52 Å². The molecule has 0 spiro atoms. The zero-order chi connectivity index (χ0) is 17.9. The Morgan fingerprint density at radius 1 is 1.28 bits per heavy atom. The number of urea groups is 1. The third-order valence-electron chi connectivity index (χ3n) is 4.48. The summed E-state index contributed by atoms with van der Waals surface area (Å²) >= 11 is 0. The Bertz CT molecular complexity index is 786. The number of amides is 2. The number of hydrogen-bond acceptors (Lipinski definition) is 4. The van der Waals surface area contributed by atoms with Crippen molar-refractivity contribution in [3.63, 3.8) is 0 Å². The van der Waals surface area contributed by atoms with Gasteiger partial charge in [-0.05, 0) is 25.0 Å². The van der Waals surface area contributed by atoms with Gasteiger partial charge in [0.2, 0.25) is 0 Å². The molecule has 0 radical (unpaired) electrons. The van der Waals surface area contributed by atoms with Crippen LogP contribution in [0.15, 0.2) is 34.9 Å². The molecule has 25 heavy (non-hydrogen) atoms. The predicted molar refractivity (Wildman–Crippen MR) is 86.1 cm³/mol. The molecule has 8 heteroatoms. The first kappa shape index (κ1) is 16.9. The lowest BCUT2D eigenvalue weighted by molar-refractivity contribution is -0.153. The molecule has 0 bridgehead atoms. The molecule has 0 atom stereocenters. The molecular formula is C17H18FN3O4. The highest BCUT2D eigenvalue weighted by Gasteiger charge is 2.44. The molecule has 0 saturated heterocycles. The third kappa shape index (κ3) is 3.62. The van der Waals surface area contributed by atoms with E-state index in [1.807, 2.05) is 0 Å². The van der Waals surface area contributed by atoms with Crippen LogP contribution >= 0.6 is 0 Å². The van der Waals surface area contributed by atoms with Gasteiger partial charge in [-0.25, -0.2) is 9.18 Å². The molecule has 1 aliphatic carbocycles. The molecule has 1 heterocycles. The Labute approximate surface area is 143 Å². The number of aliphatic carboxylic acids is 1. The Morgan fingerprint density at radius 3 is 2.68 bits per heavy atom. The van der Waals surface area contributed by atoms with Crippen LogP contribution in [0.3, 0.4) is 0 Å². The minimum absolute atomic E-state index is 0.0872. The summed E-state index contributed by atoms with van der Waals surface area (Å²) in [4.78, 5) is 23.1. The maximum Gasteiger partial charge on any atom is 0.315 e. The van der Waals surface area contributed by atoms with E-state index in [0.29, 0.717) is 24.1 Å². The normalized spacial score (nSPS) is 15.2. The monoisotopic (exact) mass is 347 g/mol. The van der Waals surface area contributed by atoms with Crippen molar-refractivity contribution < 1.29 is 23.6 Å². The molecule has 2 amide bonds. The number of nitrogens with zero attached hydrogens (tertiary/aromatic N) is 1. The number of carboxylic acids is 1. The molecule has 7 nitrogen and oxygen atoms in total. The summed E-state index contributed by atoms with van der Waals surface area (Å²) in [6, 6.07) is 7.22. The minimum atomic E-state index is -0.884. The predicted octanol–water partition coefficient (Wildman–Crippen LogP) is 2.53. The summed E-state index contributed by atoms with van der Waals surface area (Å²) in [5.74, 6) is -1.03. The molecule has 0 aliphatic heterocycles. The number of carbonyl (C=O) groups is 2. The Kier molecular flexibility index (Phi) is 4.69. The molecular weight excluding hydrogens is 329 g/mol. The van der Waals surface area contributed by atoms with Gasteiger partial charge in [0.25, 0.3) is 0 Å². The molecule has 1 fully saturated rings. The van der Waals surface area contributed by atoms with Gasteiger partial charge >= 0.3 is 12.0 Å². The quantitative estimate of drug-likeness (QED) is 0.745. The fourth-order valence-corrected chi connectivity index (χ4v) is 2.74. The SMILES string of the molecule is O=C(NCc1cc(-c2ccccc2F)on1)NCC1(C(=O)O)CCC1. The van der Waals surface area contributed by atoms with Crippen molar-refractivity contribution in [1.29, 1.82) is 0 Å². The van der Waals surface area contributed by atoms with Crippen molar-refractivity contribution in [2.24, 2.45) is 5.41 Å². The summed E-state index contributed by atoms with van der Waals surface area (Å²) in [6.07, 6.45) is 1.99. The second kappa shape index (κ2) is 6.92. The number of halogens is 1. The van der Waals surface area contributed by atoms with Crippen LogP contribution in [-0.4, -0.2) is 28.8 Å². The van der Waals surface area contributed by atoms with Crippen molar-refractivity contribution in [3.8, 4) is 11.3 Å². The van der Waals surface area contributed by atoms with Gasteiger partial charge in [-0.1, -0.05) is 23.7 Å². The van der Waals surface area contributed by atoms with E-state index < -0.39 is 23.2 Å².